The van der Waals surface area contributed by atoms with E-state index in [0.717, 1.165) is 34.9 Å². The normalized spacial score (nSPS) is 17.5. The van der Waals surface area contributed by atoms with E-state index in [1.54, 1.807) is 7.11 Å². The third-order valence-corrected chi connectivity index (χ3v) is 6.15. The highest BCUT2D eigenvalue weighted by molar-refractivity contribution is 5.83. The summed E-state index contributed by atoms with van der Waals surface area (Å²) in [6.45, 7) is 6.93. The van der Waals surface area contributed by atoms with Crippen LogP contribution in [0.5, 0.6) is 17.2 Å². The van der Waals surface area contributed by atoms with E-state index in [4.69, 9.17) is 9.47 Å². The fourth-order valence-electron chi connectivity index (χ4n) is 4.20. The molecule has 0 fully saturated rings. The van der Waals surface area contributed by atoms with Crippen LogP contribution in [0, 0.1) is 0 Å². The molecule has 0 radical (unpaired) electrons. The Morgan fingerprint density at radius 3 is 2.19 bits per heavy atom. The van der Waals surface area contributed by atoms with Gasteiger partial charge in [0.25, 0.3) is 0 Å². The lowest BCUT2D eigenvalue weighted by Crippen LogP contribution is -2.45. The molecule has 3 aromatic carbocycles. The van der Waals surface area contributed by atoms with Crippen LogP contribution in [0.2, 0.25) is 0 Å². The van der Waals surface area contributed by atoms with E-state index in [2.05, 4.69) is 55.9 Å². The van der Waals surface area contributed by atoms with Crippen LogP contribution in [0.25, 0.3) is 0 Å². The van der Waals surface area contributed by atoms with E-state index in [-0.39, 0.29) is 5.54 Å². The topological polar surface area (TPSA) is 34.1 Å². The van der Waals surface area contributed by atoms with E-state index in [9.17, 15) is 0 Å². The summed E-state index contributed by atoms with van der Waals surface area (Å²) < 4.78 is 11.1. The zero-order chi connectivity index (χ0) is 22.0. The van der Waals surface area contributed by atoms with Crippen molar-refractivity contribution in [3.05, 3.63) is 77.9 Å². The maximum absolute atomic E-state index is 5.88. The van der Waals surface area contributed by atoms with Gasteiger partial charge in [-0.1, -0.05) is 13.0 Å². The second kappa shape index (κ2) is 8.46. The lowest BCUT2D eigenvalue weighted by atomic mass is 9.80. The molecule has 0 bridgehead atoms. The van der Waals surface area contributed by atoms with Crippen molar-refractivity contribution in [2.45, 2.75) is 38.6 Å². The largest absolute Gasteiger partial charge is 0.497 e. The zero-order valence-corrected chi connectivity index (χ0v) is 18.9. The van der Waals surface area contributed by atoms with Crippen LogP contribution in [-0.4, -0.2) is 25.9 Å². The van der Waals surface area contributed by atoms with Gasteiger partial charge in [0.15, 0.2) is 0 Å². The Morgan fingerprint density at radius 1 is 0.935 bits per heavy atom. The number of anilines is 1. The monoisotopic (exact) mass is 414 g/mol. The molecule has 0 saturated carbocycles. The maximum atomic E-state index is 5.88. The lowest BCUT2D eigenvalue weighted by molar-refractivity contribution is 0.395. The van der Waals surface area contributed by atoms with Crippen molar-refractivity contribution >= 4 is 17.6 Å². The first kappa shape index (κ1) is 21.0. The Balaban J connectivity index is 1.46. The number of nitrogens with zero attached hydrogens (tertiary/aromatic N) is 2. The minimum Gasteiger partial charge on any atom is -0.497 e. The van der Waals surface area contributed by atoms with Gasteiger partial charge in [0.1, 0.15) is 17.2 Å². The van der Waals surface area contributed by atoms with Gasteiger partial charge in [0.05, 0.1) is 12.8 Å². The molecule has 0 aliphatic carbocycles. The van der Waals surface area contributed by atoms with Crippen molar-refractivity contribution in [1.29, 1.82) is 0 Å². The number of methoxy groups -OCH3 is 1. The summed E-state index contributed by atoms with van der Waals surface area (Å²) in [7, 11) is 3.84. The van der Waals surface area contributed by atoms with E-state index in [0.29, 0.717) is 5.92 Å². The quantitative estimate of drug-likeness (QED) is 0.423. The number of hydrogen-bond donors (Lipinski definition) is 0. The van der Waals surface area contributed by atoms with Crippen LogP contribution in [0.3, 0.4) is 0 Å². The molecule has 0 amide bonds. The first-order valence-electron chi connectivity index (χ1n) is 10.7. The smallest absolute Gasteiger partial charge is 0.127 e. The summed E-state index contributed by atoms with van der Waals surface area (Å²) in [5.74, 6) is 2.89. The number of fused-ring (bicyclic) bond motifs is 1. The molecular weight excluding hydrogens is 384 g/mol. The number of hydrogen-bond acceptors (Lipinski definition) is 4. The SMILES string of the molecule is COc1ccc(Oc2ccc(N=Cc3ccc4c(c3)[C@H](C)CC(C)(C)N4C)cc2)cc1. The molecule has 1 atom stereocenters. The Morgan fingerprint density at radius 2 is 1.55 bits per heavy atom. The molecule has 1 aliphatic rings. The molecule has 4 rings (SSSR count). The average Bonchev–Trinajstić information content (AvgIpc) is 2.77. The van der Waals surface area contributed by atoms with Gasteiger partial charge in [-0.3, -0.25) is 4.99 Å². The highest BCUT2D eigenvalue weighted by Gasteiger charge is 2.33. The second-order valence-corrected chi connectivity index (χ2v) is 8.82. The number of benzene rings is 3. The lowest BCUT2D eigenvalue weighted by Gasteiger charge is -2.45. The van der Waals surface area contributed by atoms with Crippen molar-refractivity contribution < 1.29 is 9.47 Å². The van der Waals surface area contributed by atoms with Gasteiger partial charge < -0.3 is 14.4 Å². The summed E-state index contributed by atoms with van der Waals surface area (Å²) in [6, 6.07) is 22.0. The van der Waals surface area contributed by atoms with Crippen molar-refractivity contribution in [2.24, 2.45) is 4.99 Å². The summed E-state index contributed by atoms with van der Waals surface area (Å²) in [5.41, 5.74) is 4.91. The van der Waals surface area contributed by atoms with Crippen molar-refractivity contribution in [3.63, 3.8) is 0 Å². The maximum Gasteiger partial charge on any atom is 0.127 e. The van der Waals surface area contributed by atoms with Gasteiger partial charge in [-0.25, -0.2) is 0 Å². The molecular formula is C27H30N2O2. The average molecular weight is 415 g/mol. The van der Waals surface area contributed by atoms with E-state index < -0.39 is 0 Å². The molecule has 160 valence electrons. The number of aliphatic imine (C=N–C) groups is 1. The molecule has 3 aromatic rings. The molecule has 4 heteroatoms. The third kappa shape index (κ3) is 4.58. The molecule has 0 spiro atoms. The summed E-state index contributed by atoms with van der Waals surface area (Å²) in [4.78, 5) is 7.05. The molecule has 0 aromatic heterocycles. The number of ether oxygens (including phenoxy) is 2. The van der Waals surface area contributed by atoms with E-state index in [1.807, 2.05) is 54.7 Å². The van der Waals surface area contributed by atoms with Gasteiger partial charge in [0, 0.05) is 24.5 Å². The minimum absolute atomic E-state index is 0.178. The highest BCUT2D eigenvalue weighted by Crippen LogP contribution is 2.42. The first-order chi connectivity index (χ1) is 14.9. The second-order valence-electron chi connectivity index (χ2n) is 8.82. The van der Waals surface area contributed by atoms with Gasteiger partial charge >= 0.3 is 0 Å². The summed E-state index contributed by atoms with van der Waals surface area (Å²) in [6.07, 6.45) is 3.08. The van der Waals surface area contributed by atoms with Crippen molar-refractivity contribution in [3.8, 4) is 17.2 Å². The summed E-state index contributed by atoms with van der Waals surface area (Å²) >= 11 is 0. The fourth-order valence-corrected chi connectivity index (χ4v) is 4.20. The van der Waals surface area contributed by atoms with Crippen molar-refractivity contribution in [2.75, 3.05) is 19.1 Å². The Bertz CT molecular complexity index is 1070. The van der Waals surface area contributed by atoms with Gasteiger partial charge in [-0.05, 0) is 98.0 Å². The van der Waals surface area contributed by atoms with Gasteiger partial charge in [0.2, 0.25) is 0 Å². The molecule has 4 nitrogen and oxygen atoms in total. The van der Waals surface area contributed by atoms with Gasteiger partial charge in [-0.15, -0.1) is 0 Å². The molecule has 0 N–H and O–H groups in total. The molecule has 1 aliphatic heterocycles. The Kier molecular flexibility index (Phi) is 5.73. The van der Waals surface area contributed by atoms with Crippen LogP contribution in [-0.2, 0) is 0 Å². The Labute approximate surface area is 185 Å². The fraction of sp³-hybridized carbons (Fsp3) is 0.296. The van der Waals surface area contributed by atoms with Crippen LogP contribution < -0.4 is 14.4 Å². The van der Waals surface area contributed by atoms with Crippen LogP contribution in [0.4, 0.5) is 11.4 Å². The standard InChI is InChI=1S/C27H30N2O2/c1-19-17-27(2,3)29(4)26-15-6-20(16-25(19)26)18-28-21-7-9-23(10-8-21)31-24-13-11-22(30-5)12-14-24/h6-16,18-19H,17H2,1-5H3/t19-/m1/s1. The van der Waals surface area contributed by atoms with Crippen LogP contribution in [0.1, 0.15) is 44.2 Å². The molecule has 31 heavy (non-hydrogen) atoms. The predicted octanol–water partition coefficient (Wildman–Crippen LogP) is 6.96. The predicted molar refractivity (Wildman–Crippen MR) is 129 cm³/mol. The summed E-state index contributed by atoms with van der Waals surface area (Å²) in [5, 5.41) is 0. The van der Waals surface area contributed by atoms with Crippen LogP contribution in [0.15, 0.2) is 71.7 Å². The first-order valence-corrected chi connectivity index (χ1v) is 10.7. The zero-order valence-electron chi connectivity index (χ0n) is 18.9. The van der Waals surface area contributed by atoms with Gasteiger partial charge in [-0.2, -0.15) is 0 Å². The van der Waals surface area contributed by atoms with E-state index in [1.165, 1.54) is 11.3 Å². The third-order valence-electron chi connectivity index (χ3n) is 6.15. The molecule has 0 unspecified atom stereocenters. The Hall–Kier alpha value is -3.27. The van der Waals surface area contributed by atoms with E-state index >= 15 is 0 Å². The highest BCUT2D eigenvalue weighted by atomic mass is 16.5. The number of rotatable bonds is 5. The minimum atomic E-state index is 0.178. The molecule has 1 heterocycles. The molecule has 0 saturated heterocycles. The van der Waals surface area contributed by atoms with Crippen molar-refractivity contribution in [1.82, 2.24) is 0 Å². The van der Waals surface area contributed by atoms with Crippen LogP contribution >= 0.6 is 0 Å².